The van der Waals surface area contributed by atoms with Crippen LogP contribution in [0.5, 0.6) is 0 Å². The van der Waals surface area contributed by atoms with Crippen molar-refractivity contribution in [3.63, 3.8) is 0 Å². The third-order valence-electron chi connectivity index (χ3n) is 4.60. The monoisotopic (exact) mass is 353 g/mol. The predicted octanol–water partition coefficient (Wildman–Crippen LogP) is 3.36. The number of hydrogen-bond donors (Lipinski definition) is 1. The van der Waals surface area contributed by atoms with Crippen molar-refractivity contribution in [3.8, 4) is 11.3 Å². The molecule has 7 heteroatoms. The highest BCUT2D eigenvalue weighted by Crippen LogP contribution is 2.29. The summed E-state index contributed by atoms with van der Waals surface area (Å²) >= 11 is 1.62. The summed E-state index contributed by atoms with van der Waals surface area (Å²) in [5, 5.41) is 11.0. The van der Waals surface area contributed by atoms with Gasteiger partial charge in [0.25, 0.3) is 5.56 Å². The van der Waals surface area contributed by atoms with Gasteiger partial charge in [0.15, 0.2) is 5.13 Å². The van der Waals surface area contributed by atoms with Crippen molar-refractivity contribution in [2.45, 2.75) is 37.8 Å². The van der Waals surface area contributed by atoms with Crippen LogP contribution in [-0.2, 0) is 0 Å². The first-order valence-electron chi connectivity index (χ1n) is 8.46. The maximum absolute atomic E-state index is 12.3. The second-order valence-corrected chi connectivity index (χ2v) is 7.12. The van der Waals surface area contributed by atoms with E-state index < -0.39 is 0 Å². The number of anilines is 1. The highest BCUT2D eigenvalue weighted by atomic mass is 32.1. The van der Waals surface area contributed by atoms with Crippen LogP contribution in [0.1, 0.15) is 31.7 Å². The molecule has 0 aromatic carbocycles. The molecule has 0 saturated heterocycles. The molecule has 1 saturated carbocycles. The molecule has 128 valence electrons. The minimum atomic E-state index is -0.0332. The zero-order valence-corrected chi connectivity index (χ0v) is 14.5. The molecule has 0 spiro atoms. The summed E-state index contributed by atoms with van der Waals surface area (Å²) < 4.78 is 1.66. The van der Waals surface area contributed by atoms with Crippen LogP contribution in [-0.4, -0.2) is 25.8 Å². The van der Waals surface area contributed by atoms with Gasteiger partial charge < -0.3 is 5.32 Å². The van der Waals surface area contributed by atoms with E-state index in [2.05, 4.69) is 20.4 Å². The number of aromatic nitrogens is 4. The largest absolute Gasteiger partial charge is 0.359 e. The summed E-state index contributed by atoms with van der Waals surface area (Å²) in [6, 6.07) is 7.79. The normalized spacial score (nSPS) is 20.3. The van der Waals surface area contributed by atoms with Crippen LogP contribution in [0.25, 0.3) is 11.3 Å². The Morgan fingerprint density at radius 1 is 1.04 bits per heavy atom. The van der Waals surface area contributed by atoms with Crippen molar-refractivity contribution >= 4 is 16.5 Å². The number of thiazole rings is 1. The first-order chi connectivity index (χ1) is 12.3. The molecule has 0 unspecified atom stereocenters. The van der Waals surface area contributed by atoms with Crippen LogP contribution in [0.15, 0.2) is 53.0 Å². The maximum Gasteiger partial charge on any atom is 0.267 e. The SMILES string of the molecule is O=c1ccc(-c2ccncc2)nn1C1CCC(Nc2nccs2)CC1. The fraction of sp³-hybridized carbons (Fsp3) is 0.333. The molecule has 0 atom stereocenters. The van der Waals surface area contributed by atoms with Gasteiger partial charge in [-0.15, -0.1) is 11.3 Å². The lowest BCUT2D eigenvalue weighted by Gasteiger charge is -2.29. The van der Waals surface area contributed by atoms with E-state index in [-0.39, 0.29) is 11.6 Å². The van der Waals surface area contributed by atoms with Gasteiger partial charge in [-0.05, 0) is 43.9 Å². The van der Waals surface area contributed by atoms with Gasteiger partial charge in [0.1, 0.15) is 0 Å². The van der Waals surface area contributed by atoms with Crippen LogP contribution in [0.3, 0.4) is 0 Å². The molecule has 0 bridgehead atoms. The van der Waals surface area contributed by atoms with Gasteiger partial charge in [-0.3, -0.25) is 9.78 Å². The summed E-state index contributed by atoms with van der Waals surface area (Å²) in [5.41, 5.74) is 1.75. The Labute approximate surface area is 149 Å². The molecule has 0 aliphatic heterocycles. The summed E-state index contributed by atoms with van der Waals surface area (Å²) in [4.78, 5) is 20.6. The quantitative estimate of drug-likeness (QED) is 0.779. The number of hydrogen-bond acceptors (Lipinski definition) is 6. The topological polar surface area (TPSA) is 72.7 Å². The molecule has 3 heterocycles. The van der Waals surface area contributed by atoms with Crippen LogP contribution in [0.4, 0.5) is 5.13 Å². The molecule has 25 heavy (non-hydrogen) atoms. The minimum Gasteiger partial charge on any atom is -0.359 e. The minimum absolute atomic E-state index is 0.0332. The fourth-order valence-electron chi connectivity index (χ4n) is 3.30. The molecular formula is C18H19N5OS. The van der Waals surface area contributed by atoms with Crippen LogP contribution >= 0.6 is 11.3 Å². The lowest BCUT2D eigenvalue weighted by atomic mass is 9.91. The average Bonchev–Trinajstić information content (AvgIpc) is 3.17. The third-order valence-corrected chi connectivity index (χ3v) is 5.31. The Morgan fingerprint density at radius 2 is 1.84 bits per heavy atom. The van der Waals surface area contributed by atoms with Crippen molar-refractivity contribution in [3.05, 3.63) is 58.6 Å². The van der Waals surface area contributed by atoms with Crippen molar-refractivity contribution in [2.75, 3.05) is 5.32 Å². The summed E-state index contributed by atoms with van der Waals surface area (Å²) in [5.74, 6) is 0. The molecule has 3 aromatic heterocycles. The van der Waals surface area contributed by atoms with Gasteiger partial charge in [0, 0.05) is 41.6 Å². The average molecular weight is 353 g/mol. The lowest BCUT2D eigenvalue weighted by Crippen LogP contribution is -2.33. The lowest BCUT2D eigenvalue weighted by molar-refractivity contribution is 0.304. The molecule has 1 aliphatic rings. The zero-order chi connectivity index (χ0) is 17.1. The fourth-order valence-corrected chi connectivity index (χ4v) is 3.90. The highest BCUT2D eigenvalue weighted by Gasteiger charge is 2.24. The van der Waals surface area contributed by atoms with E-state index in [1.165, 1.54) is 0 Å². The molecule has 0 amide bonds. The van der Waals surface area contributed by atoms with Gasteiger partial charge >= 0.3 is 0 Å². The van der Waals surface area contributed by atoms with Gasteiger partial charge in [-0.1, -0.05) is 0 Å². The zero-order valence-electron chi connectivity index (χ0n) is 13.7. The van der Waals surface area contributed by atoms with E-state index in [4.69, 9.17) is 0 Å². The van der Waals surface area contributed by atoms with Crippen molar-refractivity contribution in [2.24, 2.45) is 0 Å². The van der Waals surface area contributed by atoms with Gasteiger partial charge in [-0.25, -0.2) is 9.67 Å². The van der Waals surface area contributed by atoms with Gasteiger partial charge in [-0.2, -0.15) is 5.10 Å². The number of rotatable bonds is 4. The Kier molecular flexibility index (Phi) is 4.56. The van der Waals surface area contributed by atoms with E-state index in [9.17, 15) is 4.79 Å². The standard InChI is InChI=1S/C18H19N5OS/c24-17-6-5-16(13-7-9-19-10-8-13)22-23(17)15-3-1-14(2-4-15)21-18-20-11-12-25-18/h5-12,14-15H,1-4H2,(H,20,21). The summed E-state index contributed by atoms with van der Waals surface area (Å²) in [6.07, 6.45) is 9.19. The van der Waals surface area contributed by atoms with Crippen molar-refractivity contribution in [1.29, 1.82) is 0 Å². The molecular weight excluding hydrogens is 334 g/mol. The molecule has 4 rings (SSSR count). The van der Waals surface area contributed by atoms with E-state index in [1.54, 1.807) is 40.5 Å². The first kappa shape index (κ1) is 16.0. The highest BCUT2D eigenvalue weighted by molar-refractivity contribution is 7.13. The Bertz CT molecular complexity index is 870. The number of nitrogens with one attached hydrogen (secondary N) is 1. The smallest absolute Gasteiger partial charge is 0.267 e. The van der Waals surface area contributed by atoms with Crippen LogP contribution in [0, 0.1) is 0 Å². The maximum atomic E-state index is 12.3. The van der Waals surface area contributed by atoms with E-state index in [1.807, 2.05) is 23.7 Å². The molecule has 0 radical (unpaired) electrons. The predicted molar refractivity (Wildman–Crippen MR) is 98.8 cm³/mol. The second kappa shape index (κ2) is 7.14. The van der Waals surface area contributed by atoms with Crippen LogP contribution in [0.2, 0.25) is 0 Å². The number of nitrogens with zero attached hydrogens (tertiary/aromatic N) is 4. The van der Waals surface area contributed by atoms with Crippen LogP contribution < -0.4 is 10.9 Å². The summed E-state index contributed by atoms with van der Waals surface area (Å²) in [7, 11) is 0. The molecule has 1 aliphatic carbocycles. The molecule has 1 fully saturated rings. The molecule has 1 N–H and O–H groups in total. The van der Waals surface area contributed by atoms with E-state index in [0.717, 1.165) is 42.1 Å². The number of pyridine rings is 1. The third kappa shape index (κ3) is 3.61. The van der Waals surface area contributed by atoms with Gasteiger partial charge in [0.2, 0.25) is 0 Å². The Hall–Kier alpha value is -2.54. The second-order valence-electron chi connectivity index (χ2n) is 6.22. The van der Waals surface area contributed by atoms with Crippen molar-refractivity contribution < 1.29 is 0 Å². The van der Waals surface area contributed by atoms with E-state index in [0.29, 0.717) is 6.04 Å². The van der Waals surface area contributed by atoms with Gasteiger partial charge in [0.05, 0.1) is 11.7 Å². The summed E-state index contributed by atoms with van der Waals surface area (Å²) in [6.45, 7) is 0. The Balaban J connectivity index is 1.48. The molecule has 6 nitrogen and oxygen atoms in total. The first-order valence-corrected chi connectivity index (χ1v) is 9.34. The van der Waals surface area contributed by atoms with E-state index >= 15 is 0 Å². The van der Waals surface area contributed by atoms with Crippen molar-refractivity contribution in [1.82, 2.24) is 19.7 Å². The molecule has 3 aromatic rings. The Morgan fingerprint density at radius 3 is 2.56 bits per heavy atom.